The zero-order valence-corrected chi connectivity index (χ0v) is 11.1. The summed E-state index contributed by atoms with van der Waals surface area (Å²) in [6.45, 7) is 0. The number of rotatable bonds is 1. The molecule has 0 aromatic heterocycles. The van der Waals surface area contributed by atoms with Crippen LogP contribution in [-0.2, 0) is 4.74 Å². The number of aromatic hydroxyl groups is 1. The van der Waals surface area contributed by atoms with Crippen LogP contribution < -0.4 is 0 Å². The van der Waals surface area contributed by atoms with Gasteiger partial charge in [0.05, 0.1) is 16.2 Å². The molecule has 0 spiro atoms. The summed E-state index contributed by atoms with van der Waals surface area (Å²) in [4.78, 5) is 0. The second-order valence-electron chi connectivity index (χ2n) is 2.32. The number of ether oxygens (including phenoxy) is 1. The maximum atomic E-state index is 9.59. The first-order valence-corrected chi connectivity index (χ1v) is 5.53. The minimum absolute atomic E-state index is 0.0195. The molecule has 0 aliphatic heterocycles. The monoisotopic (exact) mass is 399 g/mol. The van der Waals surface area contributed by atoms with E-state index in [0.29, 0.717) is 5.56 Å². The van der Waals surface area contributed by atoms with E-state index in [4.69, 9.17) is 10.1 Å². The van der Waals surface area contributed by atoms with E-state index in [1.54, 1.807) is 6.07 Å². The largest absolute Gasteiger partial charge is 0.506 e. The quantitative estimate of drug-likeness (QED) is 0.434. The van der Waals surface area contributed by atoms with Crippen molar-refractivity contribution in [2.24, 2.45) is 0 Å². The van der Waals surface area contributed by atoms with E-state index < -0.39 is 0 Å². The van der Waals surface area contributed by atoms with E-state index in [2.05, 4.69) is 22.6 Å². The summed E-state index contributed by atoms with van der Waals surface area (Å²) >= 11 is 4.15. The van der Waals surface area contributed by atoms with Crippen molar-refractivity contribution in [1.29, 1.82) is 5.41 Å². The van der Waals surface area contributed by atoms with Gasteiger partial charge >= 0.3 is 0 Å². The van der Waals surface area contributed by atoms with Crippen LogP contribution in [0.3, 0.4) is 0 Å². The van der Waals surface area contributed by atoms with Gasteiger partial charge in [-0.1, -0.05) is 0 Å². The maximum absolute atomic E-state index is 9.59. The van der Waals surface area contributed by atoms with E-state index in [0.717, 1.165) is 7.14 Å². The van der Waals surface area contributed by atoms with Gasteiger partial charge in [-0.15, -0.1) is 0 Å². The van der Waals surface area contributed by atoms with Crippen LogP contribution in [0.5, 0.6) is 5.75 Å². The molecule has 0 saturated carbocycles. The number of phenolic OH excluding ortho intramolecular Hbond substituents is 1. The standard InChI is InChI=1S/C8H7I2NO2/c1-13-8(11)5-2-4(9)3-6(10)7(5)12/h2-3,11-12H,1H3/i9-2,10-2. The normalized spacial score (nSPS) is 9.77. The molecule has 3 nitrogen and oxygen atoms in total. The highest BCUT2D eigenvalue weighted by Crippen LogP contribution is 2.27. The summed E-state index contributed by atoms with van der Waals surface area (Å²) in [7, 11) is 1.41. The van der Waals surface area contributed by atoms with Crippen LogP contribution in [0.4, 0.5) is 0 Å². The topological polar surface area (TPSA) is 53.3 Å². The Kier molecular flexibility index (Phi) is 3.77. The Balaban J connectivity index is 3.28. The average Bonchev–Trinajstić information content (AvgIpc) is 2.10. The van der Waals surface area contributed by atoms with Crippen molar-refractivity contribution in [2.45, 2.75) is 0 Å². The Bertz CT molecular complexity index is 352. The van der Waals surface area contributed by atoms with Crippen molar-refractivity contribution in [3.63, 3.8) is 0 Å². The highest BCUT2D eigenvalue weighted by molar-refractivity contribution is 14.1. The summed E-state index contributed by atoms with van der Waals surface area (Å²) in [5.41, 5.74) is 0.429. The molecule has 0 saturated heterocycles. The molecular formula is C8H7I2NO2. The minimum atomic E-state index is -0.0195. The van der Waals surface area contributed by atoms with Crippen LogP contribution in [0.25, 0.3) is 0 Å². The highest BCUT2D eigenvalue weighted by Gasteiger charge is 2.11. The lowest BCUT2D eigenvalue weighted by Crippen LogP contribution is -2.02. The van der Waals surface area contributed by atoms with Crippen LogP contribution >= 0.6 is 45.2 Å². The molecule has 0 bridgehead atoms. The Morgan fingerprint density at radius 1 is 1.46 bits per heavy atom. The molecule has 0 atom stereocenters. The number of benzene rings is 1. The van der Waals surface area contributed by atoms with Crippen molar-refractivity contribution in [1.82, 2.24) is 0 Å². The van der Waals surface area contributed by atoms with Crippen molar-refractivity contribution in [2.75, 3.05) is 7.11 Å². The Hall–Kier alpha value is -0.0500. The summed E-state index contributed by atoms with van der Waals surface area (Å²) in [6.07, 6.45) is 0. The third kappa shape index (κ3) is 2.46. The van der Waals surface area contributed by atoms with Crippen LogP contribution in [-0.4, -0.2) is 18.1 Å². The number of phenols is 1. The zero-order valence-electron chi connectivity index (χ0n) is 6.77. The Labute approximate surface area is 103 Å². The lowest BCUT2D eigenvalue weighted by Gasteiger charge is -2.07. The van der Waals surface area contributed by atoms with Gasteiger partial charge in [0.25, 0.3) is 0 Å². The molecule has 5 heteroatoms. The van der Waals surface area contributed by atoms with Gasteiger partial charge in [0, 0.05) is 3.57 Å². The van der Waals surface area contributed by atoms with Crippen LogP contribution in [0.15, 0.2) is 12.1 Å². The fourth-order valence-corrected chi connectivity index (χ4v) is 2.69. The van der Waals surface area contributed by atoms with Gasteiger partial charge in [-0.05, 0) is 57.3 Å². The molecule has 0 amide bonds. The molecule has 0 aliphatic rings. The van der Waals surface area contributed by atoms with Gasteiger partial charge in [0.2, 0.25) is 5.90 Å². The second kappa shape index (κ2) is 4.45. The summed E-state index contributed by atoms with van der Waals surface area (Å²) in [5.74, 6) is 0.0850. The third-order valence-corrected chi connectivity index (χ3v) is 2.92. The van der Waals surface area contributed by atoms with E-state index in [1.807, 2.05) is 28.7 Å². The zero-order chi connectivity index (χ0) is 10.0. The molecule has 1 rings (SSSR count). The lowest BCUT2D eigenvalue weighted by atomic mass is 10.2. The van der Waals surface area contributed by atoms with Crippen molar-refractivity contribution < 1.29 is 9.84 Å². The Morgan fingerprint density at radius 3 is 2.62 bits per heavy atom. The minimum Gasteiger partial charge on any atom is -0.506 e. The molecule has 0 heterocycles. The van der Waals surface area contributed by atoms with Crippen LogP contribution in [0.1, 0.15) is 5.56 Å². The van der Waals surface area contributed by atoms with Crippen molar-refractivity contribution >= 4 is 51.1 Å². The smallest absolute Gasteiger partial charge is 0.216 e. The summed E-state index contributed by atoms with van der Waals surface area (Å²) in [6, 6.07) is 3.55. The maximum Gasteiger partial charge on any atom is 0.216 e. The molecule has 13 heavy (non-hydrogen) atoms. The molecule has 0 aliphatic carbocycles. The number of nitrogens with one attached hydrogen (secondary N) is 1. The predicted molar refractivity (Wildman–Crippen MR) is 67.4 cm³/mol. The Morgan fingerprint density at radius 2 is 2.08 bits per heavy atom. The van der Waals surface area contributed by atoms with E-state index in [-0.39, 0.29) is 11.6 Å². The first-order valence-electron chi connectivity index (χ1n) is 3.37. The second-order valence-corrected chi connectivity index (χ2v) is 4.72. The number of halogens is 2. The highest BCUT2D eigenvalue weighted by atomic mass is 125. The fourth-order valence-electron chi connectivity index (χ4n) is 0.849. The molecule has 0 fully saturated rings. The van der Waals surface area contributed by atoms with Gasteiger partial charge in [0.15, 0.2) is 0 Å². The van der Waals surface area contributed by atoms with Crippen LogP contribution in [0, 0.1) is 12.5 Å². The fraction of sp³-hybridized carbons (Fsp3) is 0.125. The molecule has 1 aromatic carbocycles. The van der Waals surface area contributed by atoms with Gasteiger partial charge < -0.3 is 9.84 Å². The van der Waals surface area contributed by atoms with E-state index >= 15 is 0 Å². The first-order chi connectivity index (χ1) is 6.06. The lowest BCUT2D eigenvalue weighted by molar-refractivity contribution is 0.396. The van der Waals surface area contributed by atoms with Crippen LogP contribution in [0.2, 0.25) is 0 Å². The third-order valence-electron chi connectivity index (χ3n) is 1.48. The first kappa shape index (κ1) is 11.0. The molecule has 70 valence electrons. The van der Waals surface area contributed by atoms with E-state index in [1.165, 1.54) is 7.11 Å². The predicted octanol–water partition coefficient (Wildman–Crippen LogP) is 2.57. The molecule has 2 N–H and O–H groups in total. The average molecular weight is 399 g/mol. The molecular weight excluding hydrogens is 392 g/mol. The number of hydrogen-bond donors (Lipinski definition) is 2. The van der Waals surface area contributed by atoms with Gasteiger partial charge in [0.1, 0.15) is 5.75 Å². The summed E-state index contributed by atoms with van der Waals surface area (Å²) in [5, 5.41) is 17.0. The van der Waals surface area contributed by atoms with E-state index in [9.17, 15) is 5.11 Å². The van der Waals surface area contributed by atoms with Crippen molar-refractivity contribution in [3.8, 4) is 5.75 Å². The van der Waals surface area contributed by atoms with Gasteiger partial charge in [-0.2, -0.15) is 0 Å². The number of methoxy groups -OCH3 is 1. The molecule has 1 aromatic rings. The van der Waals surface area contributed by atoms with Gasteiger partial charge in [-0.25, -0.2) is 0 Å². The molecule has 0 radical (unpaired) electrons. The SMILES string of the molecule is COC(=N)c1cc([125I])cc([125I])c1O. The molecule has 0 unspecified atom stereocenters. The summed E-state index contributed by atoms with van der Waals surface area (Å²) < 4.78 is 6.44. The number of hydrogen-bond acceptors (Lipinski definition) is 3. The van der Waals surface area contributed by atoms with Gasteiger partial charge in [-0.3, -0.25) is 5.41 Å². The van der Waals surface area contributed by atoms with Crippen molar-refractivity contribution in [3.05, 3.63) is 24.8 Å².